The second-order valence-corrected chi connectivity index (χ2v) is 4.10. The third-order valence-electron chi connectivity index (χ3n) is 1.94. The van der Waals surface area contributed by atoms with Crippen LogP contribution in [0.25, 0.3) is 0 Å². The topological polar surface area (TPSA) is 40.6 Å². The lowest BCUT2D eigenvalue weighted by Crippen LogP contribution is -2.49. The van der Waals surface area contributed by atoms with Gasteiger partial charge in [-0.15, -0.1) is 0 Å². The number of rotatable bonds is 0. The van der Waals surface area contributed by atoms with Crippen molar-refractivity contribution in [2.45, 2.75) is 26.3 Å². The molecular formula is C9H14N2O2. The van der Waals surface area contributed by atoms with E-state index < -0.39 is 0 Å². The Morgan fingerprint density at radius 2 is 1.62 bits per heavy atom. The van der Waals surface area contributed by atoms with E-state index >= 15 is 0 Å². The van der Waals surface area contributed by atoms with E-state index in [2.05, 4.69) is 6.58 Å². The van der Waals surface area contributed by atoms with E-state index in [1.54, 1.807) is 7.05 Å². The van der Waals surface area contributed by atoms with E-state index in [9.17, 15) is 9.59 Å². The third kappa shape index (κ3) is 1.32. The van der Waals surface area contributed by atoms with Gasteiger partial charge in [-0.05, 0) is 20.8 Å². The van der Waals surface area contributed by atoms with Crippen molar-refractivity contribution in [1.82, 2.24) is 10.0 Å². The predicted molar refractivity (Wildman–Crippen MR) is 48.5 cm³/mol. The fourth-order valence-corrected chi connectivity index (χ4v) is 1.40. The largest absolute Gasteiger partial charge is 0.278 e. The summed E-state index contributed by atoms with van der Waals surface area (Å²) in [5, 5.41) is 2.72. The van der Waals surface area contributed by atoms with Crippen LogP contribution in [0, 0.1) is 0 Å². The zero-order chi connectivity index (χ0) is 10.4. The standard InChI is InChI=1S/C9H14N2O2/c1-6-7(12)10(5)11(8(6)13)9(2,3)4/h1H2,2-5H3. The number of hydrogen-bond acceptors (Lipinski definition) is 2. The van der Waals surface area contributed by atoms with Crippen molar-refractivity contribution in [3.63, 3.8) is 0 Å². The molecule has 72 valence electrons. The summed E-state index contributed by atoms with van der Waals surface area (Å²) in [4.78, 5) is 22.9. The zero-order valence-electron chi connectivity index (χ0n) is 8.42. The van der Waals surface area contributed by atoms with Crippen LogP contribution in [0.5, 0.6) is 0 Å². The second kappa shape index (κ2) is 2.58. The first kappa shape index (κ1) is 9.77. The SMILES string of the molecule is C=C1C(=O)N(C)N(C(C)(C)C)C1=O. The molecule has 0 aromatic heterocycles. The van der Waals surface area contributed by atoms with Gasteiger partial charge in [-0.1, -0.05) is 6.58 Å². The van der Waals surface area contributed by atoms with E-state index in [1.807, 2.05) is 20.8 Å². The van der Waals surface area contributed by atoms with Gasteiger partial charge >= 0.3 is 0 Å². The highest BCUT2D eigenvalue weighted by Gasteiger charge is 2.42. The van der Waals surface area contributed by atoms with Crippen LogP contribution in [-0.2, 0) is 9.59 Å². The Morgan fingerprint density at radius 3 is 1.77 bits per heavy atom. The van der Waals surface area contributed by atoms with Gasteiger partial charge in [-0.2, -0.15) is 0 Å². The molecule has 0 unspecified atom stereocenters. The maximum Gasteiger partial charge on any atom is 0.278 e. The van der Waals surface area contributed by atoms with E-state index in [4.69, 9.17) is 0 Å². The molecule has 2 amide bonds. The van der Waals surface area contributed by atoms with Crippen LogP contribution in [0.1, 0.15) is 20.8 Å². The van der Waals surface area contributed by atoms with Crippen LogP contribution >= 0.6 is 0 Å². The minimum atomic E-state index is -0.388. The molecule has 1 aliphatic heterocycles. The molecule has 1 aliphatic rings. The Labute approximate surface area is 77.8 Å². The molecule has 1 fully saturated rings. The molecule has 1 rings (SSSR count). The molecule has 0 bridgehead atoms. The number of amides is 2. The van der Waals surface area contributed by atoms with Gasteiger partial charge in [0.15, 0.2) is 0 Å². The van der Waals surface area contributed by atoms with Crippen molar-refractivity contribution >= 4 is 11.8 Å². The Balaban J connectivity index is 3.09. The summed E-state index contributed by atoms with van der Waals surface area (Å²) in [6.07, 6.45) is 0. The number of hydrazine groups is 1. The fourth-order valence-electron chi connectivity index (χ4n) is 1.40. The monoisotopic (exact) mass is 182 g/mol. The van der Waals surface area contributed by atoms with Gasteiger partial charge in [-0.3, -0.25) is 9.59 Å². The number of carbonyl (C=O) groups is 2. The molecule has 0 aromatic carbocycles. The Hall–Kier alpha value is -1.32. The summed E-state index contributed by atoms with van der Waals surface area (Å²) >= 11 is 0. The van der Waals surface area contributed by atoms with Crippen LogP contribution in [-0.4, -0.2) is 34.4 Å². The van der Waals surface area contributed by atoms with Crippen molar-refractivity contribution in [2.24, 2.45) is 0 Å². The first-order valence-electron chi connectivity index (χ1n) is 4.08. The molecule has 1 saturated heterocycles. The van der Waals surface area contributed by atoms with Crippen LogP contribution in [0.3, 0.4) is 0 Å². The number of nitrogens with zero attached hydrogens (tertiary/aromatic N) is 2. The van der Waals surface area contributed by atoms with Crippen molar-refractivity contribution in [3.8, 4) is 0 Å². The molecule has 0 aromatic rings. The minimum absolute atomic E-state index is 0.0393. The molecule has 0 radical (unpaired) electrons. The van der Waals surface area contributed by atoms with E-state index in [0.29, 0.717) is 0 Å². The molecule has 0 N–H and O–H groups in total. The number of hydrogen-bond donors (Lipinski definition) is 0. The lowest BCUT2D eigenvalue weighted by atomic mass is 10.1. The van der Waals surface area contributed by atoms with Gasteiger partial charge < -0.3 is 0 Å². The van der Waals surface area contributed by atoms with E-state index in [0.717, 1.165) is 0 Å². The fraction of sp³-hybridized carbons (Fsp3) is 0.556. The lowest BCUT2D eigenvalue weighted by molar-refractivity contribution is -0.153. The smallest absolute Gasteiger partial charge is 0.267 e. The zero-order valence-corrected chi connectivity index (χ0v) is 8.42. The Morgan fingerprint density at radius 1 is 1.15 bits per heavy atom. The molecule has 4 heteroatoms. The van der Waals surface area contributed by atoms with Crippen molar-refractivity contribution in [3.05, 3.63) is 12.2 Å². The highest BCUT2D eigenvalue weighted by molar-refractivity contribution is 6.22. The third-order valence-corrected chi connectivity index (χ3v) is 1.94. The van der Waals surface area contributed by atoms with Crippen LogP contribution in [0.15, 0.2) is 12.2 Å². The molecular weight excluding hydrogens is 168 g/mol. The summed E-state index contributed by atoms with van der Waals surface area (Å²) in [6, 6.07) is 0. The van der Waals surface area contributed by atoms with Gasteiger partial charge in [0.05, 0.1) is 5.54 Å². The van der Waals surface area contributed by atoms with E-state index in [1.165, 1.54) is 10.0 Å². The Kier molecular flexibility index (Phi) is 1.94. The summed E-state index contributed by atoms with van der Waals surface area (Å²) in [5.41, 5.74) is -0.349. The van der Waals surface area contributed by atoms with Gasteiger partial charge in [0.1, 0.15) is 5.57 Å². The lowest BCUT2D eigenvalue weighted by Gasteiger charge is -2.35. The normalized spacial score (nSPS) is 18.9. The first-order valence-corrected chi connectivity index (χ1v) is 4.08. The average Bonchev–Trinajstić information content (AvgIpc) is 2.14. The average molecular weight is 182 g/mol. The Bertz CT molecular complexity index is 288. The van der Waals surface area contributed by atoms with Gasteiger partial charge in [0.25, 0.3) is 11.8 Å². The van der Waals surface area contributed by atoms with Crippen LogP contribution < -0.4 is 0 Å². The minimum Gasteiger partial charge on any atom is -0.267 e. The highest BCUT2D eigenvalue weighted by Crippen LogP contribution is 2.24. The summed E-state index contributed by atoms with van der Waals surface area (Å²) in [5.74, 6) is -0.625. The summed E-state index contributed by atoms with van der Waals surface area (Å²) < 4.78 is 0. The highest BCUT2D eigenvalue weighted by atomic mass is 16.2. The van der Waals surface area contributed by atoms with Crippen LogP contribution in [0.2, 0.25) is 0 Å². The van der Waals surface area contributed by atoms with E-state index in [-0.39, 0.29) is 22.9 Å². The molecule has 0 spiro atoms. The molecule has 0 saturated carbocycles. The van der Waals surface area contributed by atoms with Gasteiger partial charge in [0, 0.05) is 7.05 Å². The number of carbonyl (C=O) groups excluding carboxylic acids is 2. The van der Waals surface area contributed by atoms with Crippen LogP contribution in [0.4, 0.5) is 0 Å². The molecule has 4 nitrogen and oxygen atoms in total. The van der Waals surface area contributed by atoms with Crippen molar-refractivity contribution in [1.29, 1.82) is 0 Å². The second-order valence-electron chi connectivity index (χ2n) is 4.10. The van der Waals surface area contributed by atoms with Gasteiger partial charge in [-0.25, -0.2) is 10.0 Å². The summed E-state index contributed by atoms with van der Waals surface area (Å²) in [6.45, 7) is 9.05. The predicted octanol–water partition coefficient (Wildman–Crippen LogP) is 0.557. The summed E-state index contributed by atoms with van der Waals surface area (Å²) in [7, 11) is 1.57. The maximum absolute atomic E-state index is 11.5. The molecule has 1 heterocycles. The number of likely N-dealkylation sites (N-methyl/N-ethyl adjacent to an activating group) is 1. The molecule has 0 aliphatic carbocycles. The first-order chi connectivity index (χ1) is 5.76. The van der Waals surface area contributed by atoms with Gasteiger partial charge in [0.2, 0.25) is 0 Å². The molecule has 13 heavy (non-hydrogen) atoms. The van der Waals surface area contributed by atoms with Crippen molar-refractivity contribution < 1.29 is 9.59 Å². The maximum atomic E-state index is 11.5. The van der Waals surface area contributed by atoms with Crippen molar-refractivity contribution in [2.75, 3.05) is 7.05 Å². The quantitative estimate of drug-likeness (QED) is 0.405. The molecule has 0 atom stereocenters.